The van der Waals surface area contributed by atoms with E-state index < -0.39 is 28.4 Å². The summed E-state index contributed by atoms with van der Waals surface area (Å²) >= 11 is 0. The number of nitrogens with one attached hydrogen (secondary N) is 1. The topological polar surface area (TPSA) is 49.4 Å². The van der Waals surface area contributed by atoms with Crippen molar-refractivity contribution in [1.82, 2.24) is 9.62 Å². The molecule has 0 radical (unpaired) electrons. The molecule has 0 saturated carbocycles. The van der Waals surface area contributed by atoms with Crippen molar-refractivity contribution in [2.24, 2.45) is 0 Å². The Balaban J connectivity index is 2.46. The van der Waals surface area contributed by atoms with Crippen molar-refractivity contribution >= 4 is 10.0 Å². The highest BCUT2D eigenvalue weighted by atomic mass is 32.2. The maximum absolute atomic E-state index is 12.0. The second kappa shape index (κ2) is 6.21. The maximum Gasteiger partial charge on any atom is 0.389 e. The molecule has 4 nitrogen and oxygen atoms in total. The second-order valence-corrected chi connectivity index (χ2v) is 6.68. The second-order valence-electron chi connectivity index (χ2n) is 4.53. The van der Waals surface area contributed by atoms with Crippen LogP contribution in [0.25, 0.3) is 0 Å². The molecule has 18 heavy (non-hydrogen) atoms. The molecule has 0 aromatic carbocycles. The first-order chi connectivity index (χ1) is 8.22. The van der Waals surface area contributed by atoms with Gasteiger partial charge in [0.2, 0.25) is 10.0 Å². The molecule has 1 N–H and O–H groups in total. The molecule has 1 aliphatic heterocycles. The molecule has 0 amide bonds. The highest BCUT2D eigenvalue weighted by Crippen LogP contribution is 2.22. The number of nitrogens with zero attached hydrogens (tertiary/aromatic N) is 1. The summed E-state index contributed by atoms with van der Waals surface area (Å²) in [6.45, 7) is 1.49. The standard InChI is InChI=1S/C10H19F3N2O2S/c1-15(9-3-6-14-7-4-9)18(16,17)8-2-5-10(11,12)13/h9,14H,2-8H2,1H3. The Labute approximate surface area is 106 Å². The summed E-state index contributed by atoms with van der Waals surface area (Å²) in [4.78, 5) is 0. The number of alkyl halides is 3. The van der Waals surface area contributed by atoms with Crippen LogP contribution in [-0.2, 0) is 10.0 Å². The number of rotatable bonds is 5. The van der Waals surface area contributed by atoms with Gasteiger partial charge in [0, 0.05) is 19.5 Å². The average molecular weight is 288 g/mol. The third-order valence-corrected chi connectivity index (χ3v) is 5.10. The van der Waals surface area contributed by atoms with Crippen LogP contribution in [0.4, 0.5) is 13.2 Å². The predicted octanol–water partition coefficient (Wildman–Crippen LogP) is 1.34. The van der Waals surface area contributed by atoms with Gasteiger partial charge in [0.05, 0.1) is 5.75 Å². The zero-order valence-corrected chi connectivity index (χ0v) is 11.1. The summed E-state index contributed by atoms with van der Waals surface area (Å²) in [5.41, 5.74) is 0. The van der Waals surface area contributed by atoms with Gasteiger partial charge in [-0.25, -0.2) is 12.7 Å². The molecule has 0 unspecified atom stereocenters. The van der Waals surface area contributed by atoms with E-state index in [-0.39, 0.29) is 12.5 Å². The van der Waals surface area contributed by atoms with E-state index in [1.807, 2.05) is 0 Å². The fourth-order valence-electron chi connectivity index (χ4n) is 2.00. The lowest BCUT2D eigenvalue weighted by Gasteiger charge is -2.30. The lowest BCUT2D eigenvalue weighted by Crippen LogP contribution is -2.44. The Morgan fingerprint density at radius 2 is 1.83 bits per heavy atom. The van der Waals surface area contributed by atoms with Gasteiger partial charge >= 0.3 is 6.18 Å². The van der Waals surface area contributed by atoms with Gasteiger partial charge < -0.3 is 5.32 Å². The maximum atomic E-state index is 12.0. The molecule has 0 bridgehead atoms. The number of sulfonamides is 1. The molecule has 1 heterocycles. The molecule has 1 saturated heterocycles. The van der Waals surface area contributed by atoms with Crippen LogP contribution in [0.1, 0.15) is 25.7 Å². The summed E-state index contributed by atoms with van der Waals surface area (Å²) in [6, 6.07) is -0.0952. The van der Waals surface area contributed by atoms with E-state index in [0.29, 0.717) is 12.8 Å². The van der Waals surface area contributed by atoms with E-state index in [2.05, 4.69) is 5.32 Å². The monoisotopic (exact) mass is 288 g/mol. The Bertz CT molecular complexity index is 351. The summed E-state index contributed by atoms with van der Waals surface area (Å²) in [5, 5.41) is 3.11. The predicted molar refractivity (Wildman–Crippen MR) is 62.7 cm³/mol. The molecule has 0 aliphatic carbocycles. The largest absolute Gasteiger partial charge is 0.389 e. The number of piperidine rings is 1. The molecular weight excluding hydrogens is 269 g/mol. The fraction of sp³-hybridized carbons (Fsp3) is 1.00. The van der Waals surface area contributed by atoms with Crippen molar-refractivity contribution in [2.75, 3.05) is 25.9 Å². The number of halogens is 3. The van der Waals surface area contributed by atoms with Crippen molar-refractivity contribution in [3.63, 3.8) is 0 Å². The lowest BCUT2D eigenvalue weighted by atomic mass is 10.1. The quantitative estimate of drug-likeness (QED) is 0.830. The highest BCUT2D eigenvalue weighted by Gasteiger charge is 2.30. The van der Waals surface area contributed by atoms with Crippen LogP contribution in [0.2, 0.25) is 0 Å². The van der Waals surface area contributed by atoms with E-state index in [0.717, 1.165) is 13.1 Å². The highest BCUT2D eigenvalue weighted by molar-refractivity contribution is 7.89. The van der Waals surface area contributed by atoms with E-state index in [9.17, 15) is 21.6 Å². The number of hydrogen-bond acceptors (Lipinski definition) is 3. The zero-order valence-electron chi connectivity index (χ0n) is 10.3. The van der Waals surface area contributed by atoms with Crippen LogP contribution >= 0.6 is 0 Å². The Morgan fingerprint density at radius 1 is 1.28 bits per heavy atom. The summed E-state index contributed by atoms with van der Waals surface area (Å²) < 4.78 is 60.9. The molecule has 0 aromatic rings. The van der Waals surface area contributed by atoms with Gasteiger partial charge in [-0.05, 0) is 32.4 Å². The van der Waals surface area contributed by atoms with Gasteiger partial charge in [0.15, 0.2) is 0 Å². The molecule has 1 aliphatic rings. The summed E-state index contributed by atoms with van der Waals surface area (Å²) in [7, 11) is -2.12. The van der Waals surface area contributed by atoms with Crippen molar-refractivity contribution in [2.45, 2.75) is 37.9 Å². The first kappa shape index (κ1) is 15.7. The minimum absolute atomic E-state index is 0.0952. The van der Waals surface area contributed by atoms with Crippen molar-refractivity contribution in [3.05, 3.63) is 0 Å². The molecular formula is C10H19F3N2O2S. The number of hydrogen-bond donors (Lipinski definition) is 1. The SMILES string of the molecule is CN(C1CCNCC1)S(=O)(=O)CCCC(F)(F)F. The van der Waals surface area contributed by atoms with Gasteiger partial charge in [-0.2, -0.15) is 13.2 Å². The van der Waals surface area contributed by atoms with Crippen LogP contribution < -0.4 is 5.32 Å². The van der Waals surface area contributed by atoms with Gasteiger partial charge in [-0.3, -0.25) is 0 Å². The van der Waals surface area contributed by atoms with Crippen LogP contribution in [-0.4, -0.2) is 50.8 Å². The van der Waals surface area contributed by atoms with Crippen LogP contribution in [0, 0.1) is 0 Å². The minimum atomic E-state index is -4.29. The van der Waals surface area contributed by atoms with Crippen LogP contribution in [0.5, 0.6) is 0 Å². The normalized spacial score (nSPS) is 19.4. The average Bonchev–Trinajstić information content (AvgIpc) is 2.27. The molecule has 0 spiro atoms. The molecule has 108 valence electrons. The third-order valence-electron chi connectivity index (χ3n) is 3.12. The Kier molecular flexibility index (Phi) is 5.42. The third kappa shape index (κ3) is 5.11. The minimum Gasteiger partial charge on any atom is -0.317 e. The van der Waals surface area contributed by atoms with Gasteiger partial charge in [0.1, 0.15) is 0 Å². The van der Waals surface area contributed by atoms with Gasteiger partial charge in [0.25, 0.3) is 0 Å². The lowest BCUT2D eigenvalue weighted by molar-refractivity contribution is -0.134. The summed E-state index contributed by atoms with van der Waals surface area (Å²) in [5.74, 6) is -0.438. The first-order valence-electron chi connectivity index (χ1n) is 5.95. The van der Waals surface area contributed by atoms with Crippen molar-refractivity contribution in [3.8, 4) is 0 Å². The first-order valence-corrected chi connectivity index (χ1v) is 7.56. The molecule has 1 rings (SSSR count). The van der Waals surface area contributed by atoms with E-state index in [4.69, 9.17) is 0 Å². The van der Waals surface area contributed by atoms with Crippen molar-refractivity contribution < 1.29 is 21.6 Å². The smallest absolute Gasteiger partial charge is 0.317 e. The summed E-state index contributed by atoms with van der Waals surface area (Å²) in [6.07, 6.45) is -4.31. The zero-order chi connectivity index (χ0) is 13.8. The van der Waals surface area contributed by atoms with Crippen LogP contribution in [0.3, 0.4) is 0 Å². The van der Waals surface area contributed by atoms with Gasteiger partial charge in [-0.15, -0.1) is 0 Å². The van der Waals surface area contributed by atoms with E-state index in [1.54, 1.807) is 0 Å². The Hall–Kier alpha value is -0.340. The molecule has 0 aromatic heterocycles. The van der Waals surface area contributed by atoms with E-state index in [1.165, 1.54) is 11.4 Å². The molecule has 8 heteroatoms. The van der Waals surface area contributed by atoms with Crippen molar-refractivity contribution in [1.29, 1.82) is 0 Å². The fourth-order valence-corrected chi connectivity index (χ4v) is 3.46. The Morgan fingerprint density at radius 3 is 2.33 bits per heavy atom. The molecule has 1 fully saturated rings. The molecule has 0 atom stereocenters. The van der Waals surface area contributed by atoms with E-state index >= 15 is 0 Å². The van der Waals surface area contributed by atoms with Crippen LogP contribution in [0.15, 0.2) is 0 Å². The van der Waals surface area contributed by atoms with Gasteiger partial charge in [-0.1, -0.05) is 0 Å².